The summed E-state index contributed by atoms with van der Waals surface area (Å²) in [5.41, 5.74) is 1.58. The van der Waals surface area contributed by atoms with E-state index in [4.69, 9.17) is 0 Å². The number of carbonyl (C=O) groups excluding carboxylic acids is 2. The van der Waals surface area contributed by atoms with E-state index in [0.717, 1.165) is 11.3 Å². The van der Waals surface area contributed by atoms with Crippen molar-refractivity contribution in [2.24, 2.45) is 0 Å². The second-order valence-corrected chi connectivity index (χ2v) is 5.70. The summed E-state index contributed by atoms with van der Waals surface area (Å²) in [6.45, 7) is 5.89. The van der Waals surface area contributed by atoms with Crippen molar-refractivity contribution in [3.8, 4) is 0 Å². The van der Waals surface area contributed by atoms with Crippen LogP contribution in [0, 0.1) is 6.92 Å². The number of hydrogen-bond donors (Lipinski definition) is 2. The second kappa shape index (κ2) is 9.23. The first-order valence-electron chi connectivity index (χ1n) is 6.83. The molecule has 0 saturated heterocycles. The third-order valence-electron chi connectivity index (χ3n) is 2.93. The van der Waals surface area contributed by atoms with Gasteiger partial charge in [-0.15, -0.1) is 6.58 Å². The van der Waals surface area contributed by atoms with Crippen molar-refractivity contribution in [3.63, 3.8) is 0 Å². The summed E-state index contributed by atoms with van der Waals surface area (Å²) in [4.78, 5) is 24.3. The molecule has 114 valence electrons. The van der Waals surface area contributed by atoms with E-state index in [2.05, 4.69) is 17.2 Å². The quantitative estimate of drug-likeness (QED) is 0.724. The Morgan fingerprint density at radius 2 is 2.19 bits per heavy atom. The minimum atomic E-state index is -0.523. The molecule has 0 aliphatic carbocycles. The number of thioether (sulfide) groups is 1. The van der Waals surface area contributed by atoms with Crippen LogP contribution in [-0.2, 0) is 4.79 Å². The molecule has 0 radical (unpaired) electrons. The van der Waals surface area contributed by atoms with Gasteiger partial charge in [-0.05, 0) is 37.5 Å². The second-order valence-electron chi connectivity index (χ2n) is 4.71. The predicted octanol–water partition coefficient (Wildman–Crippen LogP) is 2.15. The number of benzene rings is 1. The molecule has 0 unspecified atom stereocenters. The van der Waals surface area contributed by atoms with Crippen LogP contribution in [0.25, 0.3) is 0 Å². The van der Waals surface area contributed by atoms with Crippen LogP contribution in [0.3, 0.4) is 0 Å². The lowest BCUT2D eigenvalue weighted by atomic mass is 10.1. The highest BCUT2D eigenvalue weighted by molar-refractivity contribution is 7.98. The van der Waals surface area contributed by atoms with E-state index in [1.807, 2.05) is 31.4 Å². The Hall–Kier alpha value is -1.75. The first kappa shape index (κ1) is 17.3. The third-order valence-corrected chi connectivity index (χ3v) is 3.58. The molecule has 2 N–H and O–H groups in total. The molecule has 1 aromatic carbocycles. The maximum Gasteiger partial charge on any atom is 0.251 e. The number of rotatable bonds is 8. The molecule has 1 rings (SSSR count). The molecule has 0 fully saturated rings. The van der Waals surface area contributed by atoms with E-state index in [1.165, 1.54) is 0 Å². The minimum Gasteiger partial charge on any atom is -0.351 e. The van der Waals surface area contributed by atoms with Gasteiger partial charge in [-0.1, -0.05) is 23.8 Å². The fourth-order valence-corrected chi connectivity index (χ4v) is 2.30. The zero-order valence-corrected chi connectivity index (χ0v) is 13.3. The molecular weight excluding hydrogens is 284 g/mol. The van der Waals surface area contributed by atoms with Crippen molar-refractivity contribution in [2.75, 3.05) is 18.6 Å². The molecule has 0 saturated carbocycles. The molecule has 0 aliphatic rings. The lowest BCUT2D eigenvalue weighted by Gasteiger charge is -2.18. The average Bonchev–Trinajstić information content (AvgIpc) is 2.48. The summed E-state index contributed by atoms with van der Waals surface area (Å²) in [5.74, 6) is 0.406. The van der Waals surface area contributed by atoms with E-state index in [1.54, 1.807) is 23.9 Å². The van der Waals surface area contributed by atoms with Gasteiger partial charge in [0.05, 0.1) is 0 Å². The van der Waals surface area contributed by atoms with Crippen molar-refractivity contribution >= 4 is 23.6 Å². The molecular formula is C16H22N2O2S. The zero-order valence-electron chi connectivity index (χ0n) is 12.5. The number of nitrogens with one attached hydrogen (secondary N) is 2. The van der Waals surface area contributed by atoms with Gasteiger partial charge in [0.2, 0.25) is 5.91 Å². The molecule has 0 aliphatic heterocycles. The molecule has 21 heavy (non-hydrogen) atoms. The molecule has 1 aromatic rings. The highest BCUT2D eigenvalue weighted by Crippen LogP contribution is 2.06. The molecule has 0 heterocycles. The molecule has 4 nitrogen and oxygen atoms in total. The van der Waals surface area contributed by atoms with Crippen LogP contribution < -0.4 is 10.6 Å². The Kier molecular flexibility index (Phi) is 7.61. The normalized spacial score (nSPS) is 11.5. The molecule has 2 amide bonds. The highest BCUT2D eigenvalue weighted by atomic mass is 32.2. The largest absolute Gasteiger partial charge is 0.351 e. The summed E-state index contributed by atoms with van der Waals surface area (Å²) in [6, 6.07) is 6.79. The maximum absolute atomic E-state index is 12.2. The van der Waals surface area contributed by atoms with E-state index < -0.39 is 6.04 Å². The Labute approximate surface area is 130 Å². The highest BCUT2D eigenvalue weighted by Gasteiger charge is 2.20. The summed E-state index contributed by atoms with van der Waals surface area (Å²) < 4.78 is 0. The van der Waals surface area contributed by atoms with Crippen LogP contribution in [0.1, 0.15) is 22.3 Å². The van der Waals surface area contributed by atoms with Gasteiger partial charge in [0.1, 0.15) is 6.04 Å². The van der Waals surface area contributed by atoms with Crippen molar-refractivity contribution in [2.45, 2.75) is 19.4 Å². The molecule has 0 bridgehead atoms. The summed E-state index contributed by atoms with van der Waals surface area (Å²) in [5, 5.41) is 5.53. The zero-order chi connectivity index (χ0) is 15.7. The number of hydrogen-bond acceptors (Lipinski definition) is 3. The predicted molar refractivity (Wildman–Crippen MR) is 88.6 cm³/mol. The Bertz CT molecular complexity index is 503. The van der Waals surface area contributed by atoms with Gasteiger partial charge in [0.25, 0.3) is 5.91 Å². The number of aryl methyl sites for hydroxylation is 1. The maximum atomic E-state index is 12.2. The lowest BCUT2D eigenvalue weighted by molar-refractivity contribution is -0.122. The van der Waals surface area contributed by atoms with E-state index in [-0.39, 0.29) is 11.8 Å². The SMILES string of the molecule is C=CCNC(=O)[C@H](CCSC)NC(=O)c1cccc(C)c1. The minimum absolute atomic E-state index is 0.176. The van der Waals surface area contributed by atoms with E-state index in [0.29, 0.717) is 18.5 Å². The Morgan fingerprint density at radius 1 is 1.43 bits per heavy atom. The van der Waals surface area contributed by atoms with E-state index in [9.17, 15) is 9.59 Å². The van der Waals surface area contributed by atoms with Gasteiger partial charge in [-0.2, -0.15) is 11.8 Å². The third kappa shape index (κ3) is 6.04. The van der Waals surface area contributed by atoms with Crippen LogP contribution in [0.2, 0.25) is 0 Å². The van der Waals surface area contributed by atoms with Crippen molar-refractivity contribution in [1.29, 1.82) is 0 Å². The van der Waals surface area contributed by atoms with Gasteiger partial charge in [-0.3, -0.25) is 9.59 Å². The smallest absolute Gasteiger partial charge is 0.251 e. The number of amides is 2. The fraction of sp³-hybridized carbons (Fsp3) is 0.375. The van der Waals surface area contributed by atoms with Gasteiger partial charge in [0, 0.05) is 12.1 Å². The van der Waals surface area contributed by atoms with Crippen LogP contribution >= 0.6 is 11.8 Å². The first-order chi connectivity index (χ1) is 10.1. The summed E-state index contributed by atoms with van der Waals surface area (Å²) in [7, 11) is 0. The van der Waals surface area contributed by atoms with Crippen LogP contribution in [0.4, 0.5) is 0 Å². The van der Waals surface area contributed by atoms with Gasteiger partial charge in [0.15, 0.2) is 0 Å². The monoisotopic (exact) mass is 306 g/mol. The Morgan fingerprint density at radius 3 is 2.81 bits per heavy atom. The standard InChI is InChI=1S/C16H22N2O2S/c1-4-9-17-16(20)14(8-10-21-3)18-15(19)13-7-5-6-12(2)11-13/h4-7,11,14H,1,8-10H2,2-3H3,(H,17,20)(H,18,19)/t14-/m0/s1. The fourth-order valence-electron chi connectivity index (χ4n) is 1.83. The lowest BCUT2D eigenvalue weighted by Crippen LogP contribution is -2.47. The van der Waals surface area contributed by atoms with Crippen molar-refractivity contribution < 1.29 is 9.59 Å². The first-order valence-corrected chi connectivity index (χ1v) is 8.23. The summed E-state index contributed by atoms with van der Waals surface area (Å²) >= 11 is 1.65. The van der Waals surface area contributed by atoms with E-state index >= 15 is 0 Å². The van der Waals surface area contributed by atoms with Crippen LogP contribution in [-0.4, -0.2) is 36.4 Å². The van der Waals surface area contributed by atoms with Crippen molar-refractivity contribution in [3.05, 3.63) is 48.0 Å². The molecule has 0 aromatic heterocycles. The van der Waals surface area contributed by atoms with Crippen LogP contribution in [0.15, 0.2) is 36.9 Å². The van der Waals surface area contributed by atoms with Gasteiger partial charge >= 0.3 is 0 Å². The van der Waals surface area contributed by atoms with Gasteiger partial charge in [-0.25, -0.2) is 0 Å². The van der Waals surface area contributed by atoms with Gasteiger partial charge < -0.3 is 10.6 Å². The summed E-state index contributed by atoms with van der Waals surface area (Å²) in [6.07, 6.45) is 4.19. The molecule has 5 heteroatoms. The molecule has 1 atom stereocenters. The van der Waals surface area contributed by atoms with Crippen molar-refractivity contribution in [1.82, 2.24) is 10.6 Å². The Balaban J connectivity index is 2.72. The number of carbonyl (C=O) groups is 2. The molecule has 0 spiro atoms. The average molecular weight is 306 g/mol. The topological polar surface area (TPSA) is 58.2 Å². The van der Waals surface area contributed by atoms with Crippen LogP contribution in [0.5, 0.6) is 0 Å².